The van der Waals surface area contributed by atoms with Crippen molar-refractivity contribution >= 4 is 0 Å². The Morgan fingerprint density at radius 2 is 1.55 bits per heavy atom. The normalized spacial score (nSPS) is 8.82. The molecule has 0 fully saturated rings. The van der Waals surface area contributed by atoms with Crippen LogP contribution in [-0.4, -0.2) is 3.44 Å². The Bertz CT molecular complexity index is 174. The van der Waals surface area contributed by atoms with Crippen molar-refractivity contribution in [3.63, 3.8) is 0 Å². The first-order valence-corrected chi connectivity index (χ1v) is 5.61. The Kier molecular flexibility index (Phi) is 6.43. The quantitative estimate of drug-likeness (QED) is 0.489. The molecule has 0 unspecified atom stereocenters. The molecule has 62 valence electrons. The highest BCUT2D eigenvalue weighted by Crippen LogP contribution is 1.92. The van der Waals surface area contributed by atoms with Crippen LogP contribution in [-0.2, 0) is 0 Å². The summed E-state index contributed by atoms with van der Waals surface area (Å²) in [5.74, 6) is 0. The SMILES string of the molecule is Cc1ccccc1.[O-][I+2]([O-])O. The Morgan fingerprint density at radius 3 is 1.73 bits per heavy atom. The van der Waals surface area contributed by atoms with Crippen molar-refractivity contribution in [3.05, 3.63) is 35.9 Å². The van der Waals surface area contributed by atoms with Crippen LogP contribution in [0.4, 0.5) is 0 Å². The van der Waals surface area contributed by atoms with Crippen LogP contribution >= 0.6 is 0 Å². The van der Waals surface area contributed by atoms with Crippen LogP contribution in [0.2, 0.25) is 0 Å². The van der Waals surface area contributed by atoms with Gasteiger partial charge < -0.3 is 6.87 Å². The third kappa shape index (κ3) is 9.83. The molecule has 1 rings (SSSR count). The van der Waals surface area contributed by atoms with Crippen molar-refractivity contribution in [3.8, 4) is 0 Å². The maximum absolute atomic E-state index is 8.68. The highest BCUT2D eigenvalue weighted by Gasteiger charge is 1.89. The minimum absolute atomic E-state index is 1.32. The summed E-state index contributed by atoms with van der Waals surface area (Å²) in [7, 11) is 0. The minimum Gasteiger partial charge on any atom is -0.396 e. The molecule has 0 aliphatic rings. The maximum atomic E-state index is 8.68. The fourth-order valence-corrected chi connectivity index (χ4v) is 0.534. The summed E-state index contributed by atoms with van der Waals surface area (Å²) in [6, 6.07) is 10.3. The second-order valence-electron chi connectivity index (χ2n) is 1.86. The van der Waals surface area contributed by atoms with Gasteiger partial charge in [0.05, 0.1) is 0 Å². The van der Waals surface area contributed by atoms with Crippen molar-refractivity contribution in [2.75, 3.05) is 0 Å². The topological polar surface area (TPSA) is 66.3 Å². The van der Waals surface area contributed by atoms with E-state index in [4.69, 9.17) is 10.3 Å². The molecule has 3 nitrogen and oxygen atoms in total. The summed E-state index contributed by atoms with van der Waals surface area (Å²) in [6.45, 7) is 2.08. The van der Waals surface area contributed by atoms with Crippen LogP contribution in [0.1, 0.15) is 5.56 Å². The average Bonchev–Trinajstić information content (AvgIpc) is 1.87. The van der Waals surface area contributed by atoms with Gasteiger partial charge in [-0.3, -0.25) is 0 Å². The first kappa shape index (κ1) is 10.8. The smallest absolute Gasteiger partial charge is 0.396 e. The van der Waals surface area contributed by atoms with E-state index >= 15 is 0 Å². The molecule has 0 atom stereocenters. The van der Waals surface area contributed by atoms with Gasteiger partial charge in [0.1, 0.15) is 0 Å². The first-order chi connectivity index (χ1) is 5.13. The van der Waals surface area contributed by atoms with Gasteiger partial charge in [-0.25, -0.2) is 0 Å². The molecular formula is C7H9IO3. The van der Waals surface area contributed by atoms with E-state index in [1.165, 1.54) is 5.56 Å². The van der Waals surface area contributed by atoms with Gasteiger partial charge in [-0.1, -0.05) is 35.9 Å². The zero-order valence-electron chi connectivity index (χ0n) is 6.03. The van der Waals surface area contributed by atoms with Crippen LogP contribution in [0.5, 0.6) is 0 Å². The molecule has 0 aliphatic carbocycles. The summed E-state index contributed by atoms with van der Waals surface area (Å²) in [5, 5.41) is 0. The summed E-state index contributed by atoms with van der Waals surface area (Å²) in [6.07, 6.45) is 0. The molecule has 0 heterocycles. The molecule has 0 radical (unpaired) electrons. The van der Waals surface area contributed by atoms with E-state index in [2.05, 4.69) is 19.1 Å². The predicted molar refractivity (Wildman–Crippen MR) is 33.4 cm³/mol. The Hall–Kier alpha value is -0.170. The van der Waals surface area contributed by atoms with Crippen LogP contribution in [0.3, 0.4) is 0 Å². The van der Waals surface area contributed by atoms with Crippen LogP contribution in [0.25, 0.3) is 0 Å². The summed E-state index contributed by atoms with van der Waals surface area (Å²) < 4.78 is 24.5. The van der Waals surface area contributed by atoms with E-state index in [0.717, 1.165) is 0 Å². The van der Waals surface area contributed by atoms with Crippen LogP contribution in [0, 0.1) is 6.92 Å². The van der Waals surface area contributed by atoms with Crippen LogP contribution in [0.15, 0.2) is 30.3 Å². The standard InChI is InChI=1S/C7H8.HIO3/c1-7-5-3-2-4-6-7;2-1(3)4/h2-6H,1H3;2H. The third-order valence-electron chi connectivity index (χ3n) is 0.940. The fraction of sp³-hybridized carbons (Fsp3) is 0.143. The summed E-state index contributed by atoms with van der Waals surface area (Å²) in [4.78, 5) is 0. The van der Waals surface area contributed by atoms with Crippen molar-refractivity contribution in [2.24, 2.45) is 0 Å². The van der Waals surface area contributed by atoms with Gasteiger partial charge in [0.15, 0.2) is 0 Å². The minimum atomic E-state index is -3.76. The largest absolute Gasteiger partial charge is 0.503 e. The summed E-state index contributed by atoms with van der Waals surface area (Å²) >= 11 is -3.76. The lowest BCUT2D eigenvalue weighted by atomic mass is 10.2. The lowest BCUT2D eigenvalue weighted by Gasteiger charge is -1.82. The Morgan fingerprint density at radius 1 is 1.18 bits per heavy atom. The number of hydrogen-bond donors (Lipinski definition) is 1. The van der Waals surface area contributed by atoms with Gasteiger partial charge in [-0.15, -0.1) is 0 Å². The highest BCUT2D eigenvalue weighted by atomic mass is 127. The molecule has 0 saturated carbocycles. The van der Waals surface area contributed by atoms with E-state index in [1.807, 2.05) is 18.2 Å². The van der Waals surface area contributed by atoms with Crippen LogP contribution < -0.4 is 27.9 Å². The Labute approximate surface area is 74.3 Å². The molecule has 4 heteroatoms. The zero-order valence-corrected chi connectivity index (χ0v) is 8.19. The van der Waals surface area contributed by atoms with E-state index in [-0.39, 0.29) is 0 Å². The molecule has 0 spiro atoms. The highest BCUT2D eigenvalue weighted by molar-refractivity contribution is 5.11. The molecule has 0 bridgehead atoms. The van der Waals surface area contributed by atoms with E-state index in [9.17, 15) is 0 Å². The number of hydrogen-bond acceptors (Lipinski definition) is 3. The molecule has 11 heavy (non-hydrogen) atoms. The number of benzene rings is 1. The van der Waals surface area contributed by atoms with E-state index in [0.29, 0.717) is 0 Å². The van der Waals surface area contributed by atoms with E-state index in [1.54, 1.807) is 0 Å². The van der Waals surface area contributed by atoms with Gasteiger partial charge >= 0.3 is 21.1 Å². The lowest BCUT2D eigenvalue weighted by molar-refractivity contribution is -1.63. The van der Waals surface area contributed by atoms with Gasteiger partial charge in [0.25, 0.3) is 0 Å². The number of rotatable bonds is 0. The zero-order chi connectivity index (χ0) is 8.69. The van der Waals surface area contributed by atoms with Crippen molar-refractivity contribution in [1.82, 2.24) is 0 Å². The van der Waals surface area contributed by atoms with Gasteiger partial charge in [0, 0.05) is 0 Å². The maximum Gasteiger partial charge on any atom is 0.503 e. The van der Waals surface area contributed by atoms with Crippen molar-refractivity contribution < 1.29 is 31.4 Å². The predicted octanol–water partition coefficient (Wildman–Crippen LogP) is -3.94. The first-order valence-electron chi connectivity index (χ1n) is 2.89. The van der Waals surface area contributed by atoms with Gasteiger partial charge in [0.2, 0.25) is 0 Å². The molecule has 1 aromatic rings. The number of halogens is 1. The molecule has 1 N–H and O–H groups in total. The monoisotopic (exact) mass is 268 g/mol. The Balaban J connectivity index is 0.000000218. The molecule has 0 aromatic heterocycles. The second-order valence-corrected chi connectivity index (χ2v) is 3.00. The van der Waals surface area contributed by atoms with E-state index < -0.39 is 21.1 Å². The second kappa shape index (κ2) is 6.53. The molecule has 0 amide bonds. The fourth-order valence-electron chi connectivity index (χ4n) is 0.534. The molecule has 0 aliphatic heterocycles. The molecular weight excluding hydrogens is 259 g/mol. The van der Waals surface area contributed by atoms with Crippen molar-refractivity contribution in [1.29, 1.82) is 0 Å². The lowest BCUT2D eigenvalue weighted by Crippen LogP contribution is -3.98. The van der Waals surface area contributed by atoms with Crippen molar-refractivity contribution in [2.45, 2.75) is 6.92 Å². The molecule has 1 aromatic carbocycles. The third-order valence-corrected chi connectivity index (χ3v) is 0.940. The summed E-state index contributed by atoms with van der Waals surface area (Å²) in [5.41, 5.74) is 1.32. The van der Waals surface area contributed by atoms with Gasteiger partial charge in [-0.2, -0.15) is 0 Å². The average molecular weight is 268 g/mol. The van der Waals surface area contributed by atoms with Gasteiger partial charge in [-0.05, 0) is 10.4 Å². The number of aryl methyl sites for hydroxylation is 1. The molecule has 0 saturated heterocycles.